The molecule has 0 radical (unpaired) electrons. The summed E-state index contributed by atoms with van der Waals surface area (Å²) in [5.41, 5.74) is -0.00940. The highest BCUT2D eigenvalue weighted by molar-refractivity contribution is 5.69. The number of methoxy groups -OCH3 is 2. The van der Waals surface area contributed by atoms with Gasteiger partial charge < -0.3 is 44.3 Å². The van der Waals surface area contributed by atoms with E-state index in [9.17, 15) is 14.7 Å². The van der Waals surface area contributed by atoms with E-state index in [4.69, 9.17) is 24.1 Å². The summed E-state index contributed by atoms with van der Waals surface area (Å²) in [6, 6.07) is 5.57. The molecular weight excluding hydrogens is 556 g/mol. The van der Waals surface area contributed by atoms with E-state index >= 15 is 0 Å². The number of rotatable bonds is 6. The van der Waals surface area contributed by atoms with Crippen LogP contribution in [-0.4, -0.2) is 126 Å². The van der Waals surface area contributed by atoms with Gasteiger partial charge in [0.25, 0.3) is 0 Å². The summed E-state index contributed by atoms with van der Waals surface area (Å²) in [4.78, 5) is 29.9. The van der Waals surface area contributed by atoms with Crippen LogP contribution in [0.5, 0.6) is 11.5 Å². The van der Waals surface area contributed by atoms with Crippen molar-refractivity contribution in [2.24, 2.45) is 0 Å². The molecule has 4 atom stereocenters. The highest BCUT2D eigenvalue weighted by Gasteiger charge is 2.36. The summed E-state index contributed by atoms with van der Waals surface area (Å²) >= 11 is 0. The number of nitrogens with zero attached hydrogens (tertiary/aromatic N) is 3. The third kappa shape index (κ3) is 11.3. The maximum absolute atomic E-state index is 12.5. The lowest BCUT2D eigenvalue weighted by atomic mass is 10.1. The number of ether oxygens (including phenoxy) is 4. The van der Waals surface area contributed by atoms with Crippen LogP contribution in [0.25, 0.3) is 0 Å². The van der Waals surface area contributed by atoms with Crippen LogP contribution in [0.1, 0.15) is 61.0 Å². The van der Waals surface area contributed by atoms with Gasteiger partial charge in [-0.15, -0.1) is 0 Å². The molecule has 0 unspecified atom stereocenters. The van der Waals surface area contributed by atoms with Crippen molar-refractivity contribution < 1.29 is 38.7 Å². The first-order chi connectivity index (χ1) is 20.0. The quantitative estimate of drug-likeness (QED) is 0.441. The molecule has 0 aromatic heterocycles. The standard InChI is InChI=1S/C20H32N2O5.C11H22N2O3/c1-14-10-21(11-15-7-8-17(25-5)9-18(15)26-6)16(13-23)12-22(14)19(24)27-20(2,3)4;1-8-5-12-9(7-14)6-13(8)10(15)16-11(2,3)4/h7-9,14,16,23H,10-13H2,1-6H3;8-9,12,14H,5-7H2,1-4H3/t14-,16-;8-,9-/m11/s1. The number of piperazine rings is 2. The minimum absolute atomic E-state index is 0.0214. The van der Waals surface area contributed by atoms with E-state index in [1.165, 1.54) is 0 Å². The van der Waals surface area contributed by atoms with Crippen LogP contribution in [0.4, 0.5) is 9.59 Å². The lowest BCUT2D eigenvalue weighted by Gasteiger charge is -2.44. The molecule has 2 heterocycles. The van der Waals surface area contributed by atoms with Crippen molar-refractivity contribution in [3.63, 3.8) is 0 Å². The first kappa shape index (κ1) is 36.4. The Bertz CT molecular complexity index is 1040. The fraction of sp³-hybridized carbons (Fsp3) is 0.742. The summed E-state index contributed by atoms with van der Waals surface area (Å²) in [5, 5.41) is 22.1. The Morgan fingerprint density at radius 3 is 1.93 bits per heavy atom. The van der Waals surface area contributed by atoms with Crippen LogP contribution in [0.15, 0.2) is 18.2 Å². The van der Waals surface area contributed by atoms with Crippen molar-refractivity contribution in [1.82, 2.24) is 20.0 Å². The second kappa shape index (κ2) is 15.8. The zero-order chi connectivity index (χ0) is 32.5. The molecular formula is C31H54N4O8. The van der Waals surface area contributed by atoms with Crippen molar-refractivity contribution in [3.8, 4) is 11.5 Å². The van der Waals surface area contributed by atoms with E-state index < -0.39 is 11.2 Å². The van der Waals surface area contributed by atoms with E-state index in [-0.39, 0.29) is 49.6 Å². The van der Waals surface area contributed by atoms with Crippen LogP contribution in [0.2, 0.25) is 0 Å². The van der Waals surface area contributed by atoms with Gasteiger partial charge in [0.05, 0.1) is 33.5 Å². The molecule has 3 N–H and O–H groups in total. The van der Waals surface area contributed by atoms with E-state index in [1.807, 2.05) is 73.6 Å². The molecule has 2 amide bonds. The topological polar surface area (TPSA) is 133 Å². The van der Waals surface area contributed by atoms with Gasteiger partial charge in [-0.1, -0.05) is 6.07 Å². The Balaban J connectivity index is 0.000000344. The summed E-state index contributed by atoms with van der Waals surface area (Å²) in [7, 11) is 3.25. The Kier molecular flexibility index (Phi) is 13.4. The van der Waals surface area contributed by atoms with Crippen molar-refractivity contribution in [1.29, 1.82) is 0 Å². The summed E-state index contributed by atoms with van der Waals surface area (Å²) < 4.78 is 21.6. The molecule has 0 bridgehead atoms. The summed E-state index contributed by atoms with van der Waals surface area (Å²) in [5.74, 6) is 1.48. The zero-order valence-electron chi connectivity index (χ0n) is 27.7. The SMILES string of the molecule is COc1ccc(CN2C[C@@H](C)N(C(=O)OC(C)(C)C)C[C@@H]2CO)c(OC)c1.C[C@@H]1CN[C@@H](CO)CN1C(=O)OC(C)(C)C. The minimum Gasteiger partial charge on any atom is -0.497 e. The predicted molar refractivity (Wildman–Crippen MR) is 165 cm³/mol. The number of carbonyl (C=O) groups is 2. The van der Waals surface area contributed by atoms with Crippen molar-refractivity contribution in [2.45, 2.75) is 97.3 Å². The molecule has 3 rings (SSSR count). The van der Waals surface area contributed by atoms with E-state index in [0.717, 1.165) is 17.1 Å². The number of hydrogen-bond acceptors (Lipinski definition) is 10. The van der Waals surface area contributed by atoms with Crippen LogP contribution in [0.3, 0.4) is 0 Å². The molecule has 1 aromatic rings. The highest BCUT2D eigenvalue weighted by Crippen LogP contribution is 2.28. The van der Waals surface area contributed by atoms with Gasteiger partial charge in [0, 0.05) is 62.5 Å². The number of nitrogens with one attached hydrogen (secondary N) is 1. The van der Waals surface area contributed by atoms with E-state index in [2.05, 4.69) is 10.2 Å². The largest absolute Gasteiger partial charge is 0.497 e. The van der Waals surface area contributed by atoms with E-state index in [1.54, 1.807) is 24.0 Å². The van der Waals surface area contributed by atoms with Gasteiger partial charge in [0.15, 0.2) is 0 Å². The lowest BCUT2D eigenvalue weighted by molar-refractivity contribution is -0.0240. The molecule has 2 aliphatic heterocycles. The third-order valence-corrected chi connectivity index (χ3v) is 7.16. The zero-order valence-corrected chi connectivity index (χ0v) is 27.7. The number of carbonyl (C=O) groups excluding carboxylic acids is 2. The first-order valence-electron chi connectivity index (χ1n) is 14.9. The molecule has 12 heteroatoms. The van der Waals surface area contributed by atoms with Gasteiger partial charge in [0.1, 0.15) is 22.7 Å². The van der Waals surface area contributed by atoms with Crippen LogP contribution in [-0.2, 0) is 16.0 Å². The molecule has 0 spiro atoms. The van der Waals surface area contributed by atoms with Gasteiger partial charge in [-0.3, -0.25) is 4.90 Å². The molecule has 0 aliphatic carbocycles. The van der Waals surface area contributed by atoms with Gasteiger partial charge in [0.2, 0.25) is 0 Å². The maximum atomic E-state index is 12.5. The highest BCUT2D eigenvalue weighted by atomic mass is 16.6. The van der Waals surface area contributed by atoms with Crippen LogP contribution < -0.4 is 14.8 Å². The predicted octanol–water partition coefficient (Wildman–Crippen LogP) is 3.08. The van der Waals surface area contributed by atoms with Crippen LogP contribution >= 0.6 is 0 Å². The molecule has 1 aromatic carbocycles. The lowest BCUT2D eigenvalue weighted by Crippen LogP contribution is -2.60. The van der Waals surface area contributed by atoms with Crippen molar-refractivity contribution in [2.75, 3.05) is 53.6 Å². The second-order valence-corrected chi connectivity index (χ2v) is 13.2. The van der Waals surface area contributed by atoms with Gasteiger partial charge in [-0.2, -0.15) is 0 Å². The Labute approximate surface area is 257 Å². The van der Waals surface area contributed by atoms with Gasteiger partial charge >= 0.3 is 12.2 Å². The van der Waals surface area contributed by atoms with E-state index in [0.29, 0.717) is 32.7 Å². The van der Waals surface area contributed by atoms with Gasteiger partial charge in [-0.05, 0) is 61.5 Å². The molecule has 2 saturated heterocycles. The normalized spacial score (nSPS) is 23.2. The summed E-state index contributed by atoms with van der Waals surface area (Å²) in [6.07, 6.45) is -0.643. The molecule has 0 saturated carbocycles. The first-order valence-corrected chi connectivity index (χ1v) is 14.9. The molecule has 2 fully saturated rings. The average molecular weight is 611 g/mol. The fourth-order valence-corrected chi connectivity index (χ4v) is 4.88. The Morgan fingerprint density at radius 1 is 0.860 bits per heavy atom. The number of hydrogen-bond donors (Lipinski definition) is 3. The van der Waals surface area contributed by atoms with Gasteiger partial charge in [-0.25, -0.2) is 9.59 Å². The molecule has 246 valence electrons. The van der Waals surface area contributed by atoms with Crippen LogP contribution in [0, 0.1) is 0 Å². The number of aliphatic hydroxyl groups excluding tert-OH is 2. The van der Waals surface area contributed by atoms with Crippen molar-refractivity contribution >= 4 is 12.2 Å². The number of amides is 2. The Morgan fingerprint density at radius 2 is 1.44 bits per heavy atom. The monoisotopic (exact) mass is 610 g/mol. The maximum Gasteiger partial charge on any atom is 0.410 e. The second-order valence-electron chi connectivity index (χ2n) is 13.2. The molecule has 43 heavy (non-hydrogen) atoms. The molecule has 2 aliphatic rings. The summed E-state index contributed by atoms with van der Waals surface area (Å²) in [6.45, 7) is 17.9. The minimum atomic E-state index is -0.543. The fourth-order valence-electron chi connectivity index (χ4n) is 4.88. The Hall–Kier alpha value is -2.80. The smallest absolute Gasteiger partial charge is 0.410 e. The average Bonchev–Trinajstić information content (AvgIpc) is 2.92. The number of benzene rings is 1. The number of aliphatic hydroxyl groups is 2. The third-order valence-electron chi connectivity index (χ3n) is 7.16. The van der Waals surface area contributed by atoms with Crippen molar-refractivity contribution in [3.05, 3.63) is 23.8 Å². The molecule has 12 nitrogen and oxygen atoms in total.